The topological polar surface area (TPSA) is 84.9 Å². The summed E-state index contributed by atoms with van der Waals surface area (Å²) in [5.41, 5.74) is 5.25. The van der Waals surface area contributed by atoms with E-state index in [1.54, 1.807) is 6.92 Å². The van der Waals surface area contributed by atoms with Crippen LogP contribution >= 0.6 is 0 Å². The fourth-order valence-electron chi connectivity index (χ4n) is 0.677. The van der Waals surface area contributed by atoms with Crippen molar-refractivity contribution in [2.45, 2.75) is 19.8 Å². The molecular formula is C7H14N2O3. The Bertz CT molecular complexity index is 168. The Balaban J connectivity index is 3.90. The van der Waals surface area contributed by atoms with Gasteiger partial charge in [0.05, 0.1) is 6.61 Å². The summed E-state index contributed by atoms with van der Waals surface area (Å²) in [6.07, 6.45) is 0.962. The van der Waals surface area contributed by atoms with E-state index in [1.807, 2.05) is 0 Å². The summed E-state index contributed by atoms with van der Waals surface area (Å²) in [7, 11) is 0. The molecule has 0 amide bonds. The van der Waals surface area contributed by atoms with Crippen molar-refractivity contribution >= 4 is 11.7 Å². The molecule has 0 aromatic carbocycles. The van der Waals surface area contributed by atoms with Crippen molar-refractivity contribution in [3.63, 3.8) is 0 Å². The number of ether oxygens (including phenoxy) is 1. The minimum atomic E-state index is -0.576. The van der Waals surface area contributed by atoms with Gasteiger partial charge in [0.25, 0.3) is 0 Å². The molecule has 0 aliphatic rings. The number of esters is 1. The Hall–Kier alpha value is -1.10. The average Bonchev–Trinajstić information content (AvgIpc) is 2.06. The first-order valence-corrected chi connectivity index (χ1v) is 3.84. The van der Waals surface area contributed by atoms with Crippen molar-refractivity contribution in [1.29, 1.82) is 0 Å². The van der Waals surface area contributed by atoms with E-state index in [0.29, 0.717) is 19.4 Å². The summed E-state index contributed by atoms with van der Waals surface area (Å²) in [4.78, 5) is 10.9. The van der Waals surface area contributed by atoms with Gasteiger partial charge in [-0.05, 0) is 19.9 Å². The number of nitrogens with zero attached hydrogens (tertiary/aromatic N) is 1. The van der Waals surface area contributed by atoms with Crippen LogP contribution < -0.4 is 5.73 Å². The number of carbonyl (C=O) groups excluding carboxylic acids is 1. The normalized spacial score (nSPS) is 11.3. The highest BCUT2D eigenvalue weighted by atomic mass is 16.5. The van der Waals surface area contributed by atoms with E-state index in [2.05, 4.69) is 9.89 Å². The predicted molar refractivity (Wildman–Crippen MR) is 44.1 cm³/mol. The second-order valence-electron chi connectivity index (χ2n) is 2.16. The molecule has 5 nitrogen and oxygen atoms in total. The Morgan fingerprint density at radius 3 is 2.75 bits per heavy atom. The van der Waals surface area contributed by atoms with Gasteiger partial charge >= 0.3 is 5.97 Å². The van der Waals surface area contributed by atoms with Gasteiger partial charge in [0, 0.05) is 6.42 Å². The van der Waals surface area contributed by atoms with Crippen LogP contribution in [0.25, 0.3) is 0 Å². The van der Waals surface area contributed by atoms with Crippen molar-refractivity contribution in [1.82, 2.24) is 0 Å². The molecular weight excluding hydrogens is 160 g/mol. The molecule has 0 atom stereocenters. The molecule has 0 unspecified atom stereocenters. The lowest BCUT2D eigenvalue weighted by molar-refractivity contribution is -0.135. The molecule has 3 N–H and O–H groups in total. The fourth-order valence-corrected chi connectivity index (χ4v) is 0.677. The standard InChI is InChI=1S/C7H14N2O3/c1-2-12-7(10)6(9-11)4-3-5-8/h11H,2-5,8H2,1H3. The van der Waals surface area contributed by atoms with Gasteiger partial charge in [0.1, 0.15) is 0 Å². The predicted octanol–water partition coefficient (Wildman–Crippen LogP) is 0.119. The lowest BCUT2D eigenvalue weighted by Gasteiger charge is -2.01. The third-order valence-electron chi connectivity index (χ3n) is 1.25. The molecule has 0 saturated carbocycles. The van der Waals surface area contributed by atoms with E-state index < -0.39 is 5.97 Å². The van der Waals surface area contributed by atoms with Crippen molar-refractivity contribution in [3.8, 4) is 0 Å². The van der Waals surface area contributed by atoms with E-state index in [0.717, 1.165) is 0 Å². The van der Waals surface area contributed by atoms with Crippen LogP contribution in [0.2, 0.25) is 0 Å². The van der Waals surface area contributed by atoms with Crippen LogP contribution in [0.1, 0.15) is 19.8 Å². The zero-order valence-corrected chi connectivity index (χ0v) is 7.12. The van der Waals surface area contributed by atoms with E-state index in [9.17, 15) is 4.79 Å². The first kappa shape index (κ1) is 10.9. The maximum Gasteiger partial charge on any atom is 0.356 e. The molecule has 12 heavy (non-hydrogen) atoms. The average molecular weight is 174 g/mol. The monoisotopic (exact) mass is 174 g/mol. The number of nitrogens with two attached hydrogens (primary N) is 1. The van der Waals surface area contributed by atoms with Gasteiger partial charge in [-0.1, -0.05) is 5.16 Å². The smallest absolute Gasteiger partial charge is 0.356 e. The lowest BCUT2D eigenvalue weighted by atomic mass is 10.2. The summed E-state index contributed by atoms with van der Waals surface area (Å²) in [5, 5.41) is 11.2. The van der Waals surface area contributed by atoms with Gasteiger partial charge in [-0.25, -0.2) is 4.79 Å². The SMILES string of the molecule is CCOC(=O)C(CCCN)=NO. The Morgan fingerprint density at radius 1 is 1.67 bits per heavy atom. The molecule has 70 valence electrons. The summed E-state index contributed by atoms with van der Waals surface area (Å²) in [5.74, 6) is -0.576. The van der Waals surface area contributed by atoms with Crippen LogP contribution in [0, 0.1) is 0 Å². The second kappa shape index (κ2) is 6.60. The van der Waals surface area contributed by atoms with Crippen molar-refractivity contribution in [2.75, 3.05) is 13.2 Å². The van der Waals surface area contributed by atoms with Crippen molar-refractivity contribution in [3.05, 3.63) is 0 Å². The van der Waals surface area contributed by atoms with Crippen LogP contribution in [0.5, 0.6) is 0 Å². The summed E-state index contributed by atoms with van der Waals surface area (Å²) >= 11 is 0. The van der Waals surface area contributed by atoms with Crippen molar-refractivity contribution in [2.24, 2.45) is 10.9 Å². The van der Waals surface area contributed by atoms with Crippen LogP contribution in [0.3, 0.4) is 0 Å². The van der Waals surface area contributed by atoms with Gasteiger partial charge in [-0.2, -0.15) is 0 Å². The maximum atomic E-state index is 10.9. The molecule has 0 aliphatic heterocycles. The minimum absolute atomic E-state index is 0.0299. The van der Waals surface area contributed by atoms with Crippen LogP contribution in [0.15, 0.2) is 5.16 Å². The number of oxime groups is 1. The molecule has 0 fully saturated rings. The van der Waals surface area contributed by atoms with Crippen LogP contribution in [-0.4, -0.2) is 30.0 Å². The largest absolute Gasteiger partial charge is 0.461 e. The van der Waals surface area contributed by atoms with E-state index >= 15 is 0 Å². The summed E-state index contributed by atoms with van der Waals surface area (Å²) in [6.45, 7) is 2.43. The molecule has 5 heteroatoms. The molecule has 0 spiro atoms. The van der Waals surface area contributed by atoms with Gasteiger partial charge in [-0.3, -0.25) is 0 Å². The zero-order valence-electron chi connectivity index (χ0n) is 7.12. The highest BCUT2D eigenvalue weighted by molar-refractivity contribution is 6.36. The molecule has 0 aromatic heterocycles. The minimum Gasteiger partial charge on any atom is -0.461 e. The third-order valence-corrected chi connectivity index (χ3v) is 1.25. The number of hydrogen-bond acceptors (Lipinski definition) is 5. The molecule has 0 aliphatic carbocycles. The quantitative estimate of drug-likeness (QED) is 0.268. The molecule has 0 bridgehead atoms. The zero-order chi connectivity index (χ0) is 9.40. The molecule has 0 rings (SSSR count). The number of hydrogen-bond donors (Lipinski definition) is 2. The Kier molecular flexibility index (Phi) is 6.00. The highest BCUT2D eigenvalue weighted by Gasteiger charge is 2.11. The highest BCUT2D eigenvalue weighted by Crippen LogP contribution is 1.94. The second-order valence-corrected chi connectivity index (χ2v) is 2.16. The summed E-state index contributed by atoms with van der Waals surface area (Å²) < 4.78 is 4.62. The molecule has 0 saturated heterocycles. The molecule has 0 heterocycles. The fraction of sp³-hybridized carbons (Fsp3) is 0.714. The molecule has 0 radical (unpaired) electrons. The van der Waals surface area contributed by atoms with E-state index in [4.69, 9.17) is 10.9 Å². The van der Waals surface area contributed by atoms with Crippen LogP contribution in [-0.2, 0) is 9.53 Å². The van der Waals surface area contributed by atoms with Crippen LogP contribution in [0.4, 0.5) is 0 Å². The van der Waals surface area contributed by atoms with E-state index in [-0.39, 0.29) is 12.3 Å². The number of carbonyl (C=O) groups is 1. The first-order valence-electron chi connectivity index (χ1n) is 3.84. The summed E-state index contributed by atoms with van der Waals surface area (Å²) in [6, 6.07) is 0. The molecule has 0 aromatic rings. The van der Waals surface area contributed by atoms with Crippen molar-refractivity contribution < 1.29 is 14.7 Å². The van der Waals surface area contributed by atoms with Gasteiger partial charge in [0.2, 0.25) is 0 Å². The van der Waals surface area contributed by atoms with Gasteiger partial charge < -0.3 is 15.7 Å². The first-order chi connectivity index (χ1) is 5.76. The van der Waals surface area contributed by atoms with E-state index in [1.165, 1.54) is 0 Å². The lowest BCUT2D eigenvalue weighted by Crippen LogP contribution is -2.18. The van der Waals surface area contributed by atoms with Gasteiger partial charge in [0.15, 0.2) is 5.71 Å². The van der Waals surface area contributed by atoms with Gasteiger partial charge in [-0.15, -0.1) is 0 Å². The maximum absolute atomic E-state index is 10.9. The number of rotatable bonds is 5. The third kappa shape index (κ3) is 3.92. The Morgan fingerprint density at radius 2 is 2.33 bits per heavy atom. The Labute approximate surface area is 71.2 Å².